The van der Waals surface area contributed by atoms with E-state index < -0.39 is 0 Å². The summed E-state index contributed by atoms with van der Waals surface area (Å²) in [6.45, 7) is 0.455. The van der Waals surface area contributed by atoms with Gasteiger partial charge in [-0.2, -0.15) is 5.10 Å². The van der Waals surface area contributed by atoms with Crippen LogP contribution in [-0.2, 0) is 6.54 Å². The number of nitrogens with two attached hydrogens (primary N) is 1. The summed E-state index contributed by atoms with van der Waals surface area (Å²) in [7, 11) is 0. The van der Waals surface area contributed by atoms with E-state index in [1.54, 1.807) is 0 Å². The summed E-state index contributed by atoms with van der Waals surface area (Å²) in [6.07, 6.45) is 1.47. The van der Waals surface area contributed by atoms with Crippen molar-refractivity contribution in [2.45, 2.75) is 16.6 Å². The molecule has 4 nitrogen and oxygen atoms in total. The third-order valence-corrected chi connectivity index (χ3v) is 3.09. The molecule has 0 spiro atoms. The molecule has 0 unspecified atom stereocenters. The maximum Gasteiger partial charge on any atom is 0.188 e. The summed E-state index contributed by atoms with van der Waals surface area (Å²) in [5.74, 6) is 0. The maximum absolute atomic E-state index is 5.88. The van der Waals surface area contributed by atoms with Gasteiger partial charge in [-0.05, 0) is 23.8 Å². The number of aromatic nitrogens is 3. The van der Waals surface area contributed by atoms with Gasteiger partial charge in [-0.15, -0.1) is 0 Å². The minimum absolute atomic E-state index is 0.455. The van der Waals surface area contributed by atoms with Crippen molar-refractivity contribution in [1.29, 1.82) is 0 Å². The fourth-order valence-corrected chi connectivity index (χ4v) is 2.17. The molecule has 3 N–H and O–H groups in total. The maximum atomic E-state index is 5.88. The lowest BCUT2D eigenvalue weighted by molar-refractivity contribution is 0.967. The third-order valence-electron chi connectivity index (χ3n) is 1.84. The lowest BCUT2D eigenvalue weighted by atomic mass is 10.2. The van der Waals surface area contributed by atoms with Crippen molar-refractivity contribution in [2.24, 2.45) is 5.73 Å². The van der Waals surface area contributed by atoms with Gasteiger partial charge in [0.15, 0.2) is 5.16 Å². The largest absolute Gasteiger partial charge is 0.326 e. The number of halogens is 1. The number of benzene rings is 1. The fourth-order valence-electron chi connectivity index (χ4n) is 1.15. The highest BCUT2D eigenvalue weighted by Crippen LogP contribution is 2.29. The second-order valence-electron chi connectivity index (χ2n) is 2.85. The van der Waals surface area contributed by atoms with Crippen LogP contribution in [-0.4, -0.2) is 15.2 Å². The Morgan fingerprint density at radius 2 is 2.33 bits per heavy atom. The van der Waals surface area contributed by atoms with Crippen LogP contribution in [0.5, 0.6) is 0 Å². The van der Waals surface area contributed by atoms with E-state index in [4.69, 9.17) is 17.3 Å². The van der Waals surface area contributed by atoms with Crippen molar-refractivity contribution in [3.05, 3.63) is 35.1 Å². The normalized spacial score (nSPS) is 10.5. The first-order valence-electron chi connectivity index (χ1n) is 4.31. The van der Waals surface area contributed by atoms with Gasteiger partial charge in [-0.3, -0.25) is 5.10 Å². The molecule has 0 saturated carbocycles. The van der Waals surface area contributed by atoms with Crippen LogP contribution in [0.25, 0.3) is 0 Å². The summed E-state index contributed by atoms with van der Waals surface area (Å²) < 4.78 is 0. The SMILES string of the molecule is NCc1cc(Cl)ccc1Sc1ncn[nH]1. The molecule has 0 aliphatic carbocycles. The van der Waals surface area contributed by atoms with Gasteiger partial charge in [0, 0.05) is 16.5 Å². The second kappa shape index (κ2) is 4.65. The molecule has 0 radical (unpaired) electrons. The minimum atomic E-state index is 0.455. The molecule has 1 aromatic carbocycles. The van der Waals surface area contributed by atoms with E-state index in [0.717, 1.165) is 15.6 Å². The molecule has 2 aromatic rings. The summed E-state index contributed by atoms with van der Waals surface area (Å²) >= 11 is 7.36. The van der Waals surface area contributed by atoms with Crippen LogP contribution in [0.4, 0.5) is 0 Å². The average molecular weight is 241 g/mol. The lowest BCUT2D eigenvalue weighted by Crippen LogP contribution is -1.98. The van der Waals surface area contributed by atoms with E-state index >= 15 is 0 Å². The number of hydrogen-bond acceptors (Lipinski definition) is 4. The van der Waals surface area contributed by atoms with E-state index in [2.05, 4.69) is 15.2 Å². The van der Waals surface area contributed by atoms with Gasteiger partial charge in [-0.25, -0.2) is 4.98 Å². The Balaban J connectivity index is 2.28. The summed E-state index contributed by atoms with van der Waals surface area (Å²) in [6, 6.07) is 5.62. The summed E-state index contributed by atoms with van der Waals surface area (Å²) in [5.41, 5.74) is 6.63. The van der Waals surface area contributed by atoms with Crippen LogP contribution in [0, 0.1) is 0 Å². The van der Waals surface area contributed by atoms with Crippen LogP contribution in [0.15, 0.2) is 34.6 Å². The number of aromatic amines is 1. The van der Waals surface area contributed by atoms with Gasteiger partial charge in [0.05, 0.1) is 0 Å². The van der Waals surface area contributed by atoms with E-state index in [1.165, 1.54) is 18.1 Å². The van der Waals surface area contributed by atoms with Crippen LogP contribution in [0.1, 0.15) is 5.56 Å². The Hall–Kier alpha value is -1.04. The number of nitrogens with zero attached hydrogens (tertiary/aromatic N) is 2. The summed E-state index contributed by atoms with van der Waals surface area (Å²) in [4.78, 5) is 5.07. The first-order chi connectivity index (χ1) is 7.29. The smallest absolute Gasteiger partial charge is 0.188 e. The van der Waals surface area contributed by atoms with Crippen molar-refractivity contribution in [2.75, 3.05) is 0 Å². The Morgan fingerprint density at radius 3 is 3.00 bits per heavy atom. The predicted octanol–water partition coefficient (Wildman–Crippen LogP) is 2.07. The molecule has 0 amide bonds. The molecule has 1 aromatic heterocycles. The average Bonchev–Trinajstić information content (AvgIpc) is 2.73. The van der Waals surface area contributed by atoms with Crippen LogP contribution in [0.2, 0.25) is 5.02 Å². The Morgan fingerprint density at radius 1 is 1.47 bits per heavy atom. The Bertz CT molecular complexity index is 443. The van der Waals surface area contributed by atoms with Crippen molar-refractivity contribution >= 4 is 23.4 Å². The number of H-pyrrole nitrogens is 1. The molecule has 0 atom stereocenters. The molecule has 6 heteroatoms. The molecular weight excluding hydrogens is 232 g/mol. The van der Waals surface area contributed by atoms with Crippen molar-refractivity contribution < 1.29 is 0 Å². The fraction of sp³-hybridized carbons (Fsp3) is 0.111. The topological polar surface area (TPSA) is 67.6 Å². The molecule has 0 bridgehead atoms. The molecule has 1 heterocycles. The second-order valence-corrected chi connectivity index (χ2v) is 4.32. The lowest BCUT2D eigenvalue weighted by Gasteiger charge is -2.05. The predicted molar refractivity (Wildman–Crippen MR) is 59.8 cm³/mol. The van der Waals surface area contributed by atoms with E-state index in [1.807, 2.05) is 18.2 Å². The van der Waals surface area contributed by atoms with Gasteiger partial charge in [0.1, 0.15) is 6.33 Å². The summed E-state index contributed by atoms with van der Waals surface area (Å²) in [5, 5.41) is 7.99. The highest BCUT2D eigenvalue weighted by Gasteiger charge is 2.05. The van der Waals surface area contributed by atoms with Crippen LogP contribution in [0.3, 0.4) is 0 Å². The zero-order valence-electron chi connectivity index (χ0n) is 7.77. The highest BCUT2D eigenvalue weighted by atomic mass is 35.5. The molecule has 0 aliphatic rings. The van der Waals surface area contributed by atoms with Crippen LogP contribution >= 0.6 is 23.4 Å². The number of nitrogens with one attached hydrogen (secondary N) is 1. The number of rotatable bonds is 3. The van der Waals surface area contributed by atoms with Gasteiger partial charge >= 0.3 is 0 Å². The highest BCUT2D eigenvalue weighted by molar-refractivity contribution is 7.99. The standard InChI is InChI=1S/C9H9ClN4S/c10-7-1-2-8(6(3-7)4-11)15-9-12-5-13-14-9/h1-3,5H,4,11H2,(H,12,13,14). The van der Waals surface area contributed by atoms with Gasteiger partial charge < -0.3 is 5.73 Å². The molecule has 2 rings (SSSR count). The van der Waals surface area contributed by atoms with Gasteiger partial charge in [0.2, 0.25) is 0 Å². The third kappa shape index (κ3) is 2.50. The van der Waals surface area contributed by atoms with Crippen LogP contribution < -0.4 is 5.73 Å². The van der Waals surface area contributed by atoms with E-state index in [-0.39, 0.29) is 0 Å². The molecule has 0 aliphatic heterocycles. The Labute approximate surface area is 96.2 Å². The zero-order valence-corrected chi connectivity index (χ0v) is 9.35. The monoisotopic (exact) mass is 240 g/mol. The van der Waals surface area contributed by atoms with Crippen molar-refractivity contribution in [3.63, 3.8) is 0 Å². The first kappa shape index (κ1) is 10.5. The molecule has 15 heavy (non-hydrogen) atoms. The number of hydrogen-bond donors (Lipinski definition) is 2. The van der Waals surface area contributed by atoms with Gasteiger partial charge in [0.25, 0.3) is 0 Å². The zero-order chi connectivity index (χ0) is 10.7. The molecular formula is C9H9ClN4S. The van der Waals surface area contributed by atoms with E-state index in [0.29, 0.717) is 11.6 Å². The van der Waals surface area contributed by atoms with Crippen molar-refractivity contribution in [3.8, 4) is 0 Å². The minimum Gasteiger partial charge on any atom is -0.326 e. The molecule has 78 valence electrons. The van der Waals surface area contributed by atoms with E-state index in [9.17, 15) is 0 Å². The first-order valence-corrected chi connectivity index (χ1v) is 5.51. The Kier molecular flexibility index (Phi) is 3.25. The van der Waals surface area contributed by atoms with Gasteiger partial charge in [-0.1, -0.05) is 23.4 Å². The molecule has 0 saturated heterocycles. The quantitative estimate of drug-likeness (QED) is 0.862. The van der Waals surface area contributed by atoms with Crippen molar-refractivity contribution in [1.82, 2.24) is 15.2 Å². The molecule has 0 fully saturated rings.